The van der Waals surface area contributed by atoms with Crippen LogP contribution in [0.5, 0.6) is 0 Å². The summed E-state index contributed by atoms with van der Waals surface area (Å²) in [7, 11) is 2.73. The molecule has 1 aliphatic carbocycles. The highest BCUT2D eigenvalue weighted by Gasteiger charge is 2.47. The lowest BCUT2D eigenvalue weighted by molar-refractivity contribution is -0.152. The molecule has 2 aliphatic rings. The maximum absolute atomic E-state index is 11.6. The van der Waals surface area contributed by atoms with Gasteiger partial charge >= 0.3 is 11.9 Å². The largest absolute Gasteiger partial charge is 0.466 e. The van der Waals surface area contributed by atoms with Crippen LogP contribution in [0.15, 0.2) is 22.9 Å². The fourth-order valence-electron chi connectivity index (χ4n) is 2.47. The molecule has 0 aromatic heterocycles. The van der Waals surface area contributed by atoms with Crippen molar-refractivity contribution in [2.24, 2.45) is 0 Å². The van der Waals surface area contributed by atoms with Crippen LogP contribution in [0.4, 0.5) is 0 Å². The van der Waals surface area contributed by atoms with Gasteiger partial charge < -0.3 is 18.9 Å². The number of carbonyl (C=O) groups excluding carboxylic acids is 1. The number of ether oxygens (including phenoxy) is 4. The first-order valence-corrected chi connectivity index (χ1v) is 5.95. The summed E-state index contributed by atoms with van der Waals surface area (Å²) in [5.74, 6) is -1.46. The van der Waals surface area contributed by atoms with Crippen molar-refractivity contribution in [2.45, 2.75) is 38.9 Å². The second-order valence-electron chi connectivity index (χ2n) is 4.57. The van der Waals surface area contributed by atoms with Gasteiger partial charge in [-0.3, -0.25) is 0 Å². The minimum absolute atomic E-state index is 0.00491. The molecule has 0 spiro atoms. The van der Waals surface area contributed by atoms with E-state index in [1.54, 1.807) is 6.92 Å². The van der Waals surface area contributed by atoms with E-state index in [0.717, 1.165) is 24.8 Å². The van der Waals surface area contributed by atoms with Gasteiger partial charge in [0.05, 0.1) is 14.2 Å². The van der Waals surface area contributed by atoms with Crippen LogP contribution in [0.3, 0.4) is 0 Å². The molecule has 1 aliphatic heterocycles. The molecule has 0 saturated heterocycles. The van der Waals surface area contributed by atoms with Gasteiger partial charge in [-0.25, -0.2) is 4.79 Å². The van der Waals surface area contributed by atoms with Crippen molar-refractivity contribution in [3.63, 3.8) is 0 Å². The van der Waals surface area contributed by atoms with Gasteiger partial charge in [-0.15, -0.1) is 0 Å². The first-order valence-electron chi connectivity index (χ1n) is 5.95. The Labute approximate surface area is 106 Å². The predicted molar refractivity (Wildman–Crippen MR) is 63.2 cm³/mol. The Morgan fingerprint density at radius 1 is 1.28 bits per heavy atom. The normalized spacial score (nSPS) is 27.1. The summed E-state index contributed by atoms with van der Waals surface area (Å²) in [6, 6.07) is 0. The quantitative estimate of drug-likeness (QED) is 0.571. The zero-order valence-corrected chi connectivity index (χ0v) is 11.2. The van der Waals surface area contributed by atoms with Crippen molar-refractivity contribution in [1.29, 1.82) is 0 Å². The topological polar surface area (TPSA) is 54.0 Å². The molecule has 1 atom stereocenters. The predicted octanol–water partition coefficient (Wildman–Crippen LogP) is 2.24. The van der Waals surface area contributed by atoms with E-state index >= 15 is 0 Å². The molecule has 0 amide bonds. The molecule has 5 heteroatoms. The van der Waals surface area contributed by atoms with Crippen LogP contribution in [-0.2, 0) is 23.7 Å². The van der Waals surface area contributed by atoms with Crippen molar-refractivity contribution in [3.8, 4) is 0 Å². The van der Waals surface area contributed by atoms with Gasteiger partial charge in [0.1, 0.15) is 0 Å². The maximum Gasteiger partial charge on any atom is 0.381 e. The fourth-order valence-corrected chi connectivity index (χ4v) is 2.47. The number of rotatable bonds is 3. The summed E-state index contributed by atoms with van der Waals surface area (Å²) >= 11 is 0. The van der Waals surface area contributed by atoms with Gasteiger partial charge in [0.15, 0.2) is 0 Å². The Bertz CT molecular complexity index is 435. The third-order valence-electron chi connectivity index (χ3n) is 3.37. The molecule has 1 unspecified atom stereocenters. The number of carbonyl (C=O) groups is 1. The maximum atomic E-state index is 11.6. The van der Waals surface area contributed by atoms with E-state index in [4.69, 9.17) is 14.2 Å². The molecule has 2 rings (SSSR count). The highest BCUT2D eigenvalue weighted by Crippen LogP contribution is 2.43. The highest BCUT2D eigenvalue weighted by molar-refractivity contribution is 5.86. The Morgan fingerprint density at radius 2 is 2.00 bits per heavy atom. The summed E-state index contributed by atoms with van der Waals surface area (Å²) in [6.07, 6.45) is 3.03. The Morgan fingerprint density at radius 3 is 2.50 bits per heavy atom. The molecule has 0 bridgehead atoms. The summed E-state index contributed by atoms with van der Waals surface area (Å²) in [6.45, 7) is 3.86. The molecule has 0 aromatic carbocycles. The van der Waals surface area contributed by atoms with E-state index in [1.165, 1.54) is 19.8 Å². The van der Waals surface area contributed by atoms with Crippen LogP contribution >= 0.6 is 0 Å². The van der Waals surface area contributed by atoms with Gasteiger partial charge in [0.2, 0.25) is 0 Å². The van der Waals surface area contributed by atoms with Crippen molar-refractivity contribution < 1.29 is 23.7 Å². The average molecular weight is 254 g/mol. The van der Waals surface area contributed by atoms with E-state index in [0.29, 0.717) is 0 Å². The number of allylic oxidation sites excluding steroid dienone is 1. The van der Waals surface area contributed by atoms with Crippen LogP contribution in [-0.4, -0.2) is 26.0 Å². The minimum atomic E-state index is -0.949. The lowest BCUT2D eigenvalue weighted by atomic mass is 10.0. The monoisotopic (exact) mass is 254 g/mol. The minimum Gasteiger partial charge on any atom is -0.466 e. The van der Waals surface area contributed by atoms with Gasteiger partial charge in [0, 0.05) is 12.5 Å². The summed E-state index contributed by atoms with van der Waals surface area (Å²) in [4.78, 5) is 11.6. The Balaban J connectivity index is 2.27. The average Bonchev–Trinajstić information content (AvgIpc) is 2.93. The van der Waals surface area contributed by atoms with Crippen LogP contribution in [0, 0.1) is 0 Å². The molecule has 18 heavy (non-hydrogen) atoms. The standard InChI is InChI=1S/C13H18O5/c1-8-6-5-7-9(8)13(2)17-10(11(14)15-3)12(16-4)18-13/h5-7H2,1-4H3. The van der Waals surface area contributed by atoms with Crippen molar-refractivity contribution in [1.82, 2.24) is 0 Å². The van der Waals surface area contributed by atoms with Crippen LogP contribution in [0.25, 0.3) is 0 Å². The molecule has 0 aromatic rings. The van der Waals surface area contributed by atoms with Gasteiger partial charge in [-0.05, 0) is 26.2 Å². The number of hydrogen-bond acceptors (Lipinski definition) is 5. The van der Waals surface area contributed by atoms with E-state index in [1.807, 2.05) is 0 Å². The van der Waals surface area contributed by atoms with Crippen molar-refractivity contribution in [3.05, 3.63) is 22.9 Å². The molecule has 5 nitrogen and oxygen atoms in total. The summed E-state index contributed by atoms with van der Waals surface area (Å²) < 4.78 is 21.0. The molecular formula is C13H18O5. The van der Waals surface area contributed by atoms with E-state index in [2.05, 4.69) is 11.7 Å². The molecule has 1 heterocycles. The number of esters is 1. The first-order chi connectivity index (χ1) is 8.51. The fraction of sp³-hybridized carbons (Fsp3) is 0.615. The highest BCUT2D eigenvalue weighted by atomic mass is 16.8. The van der Waals surface area contributed by atoms with Crippen LogP contribution in [0.1, 0.15) is 33.1 Å². The van der Waals surface area contributed by atoms with Gasteiger partial charge in [-0.1, -0.05) is 5.57 Å². The zero-order chi connectivity index (χ0) is 13.3. The Hall–Kier alpha value is -1.65. The van der Waals surface area contributed by atoms with Gasteiger partial charge in [0.25, 0.3) is 11.5 Å². The van der Waals surface area contributed by atoms with Crippen molar-refractivity contribution >= 4 is 5.97 Å². The lowest BCUT2D eigenvalue weighted by Crippen LogP contribution is -2.30. The zero-order valence-electron chi connectivity index (χ0n) is 11.2. The number of methoxy groups -OCH3 is 2. The SMILES string of the molecule is COC(=O)C1=C(OC)OC(C)(C2=C(C)CCC2)O1. The van der Waals surface area contributed by atoms with E-state index < -0.39 is 11.8 Å². The molecule has 100 valence electrons. The second-order valence-corrected chi connectivity index (χ2v) is 4.57. The second kappa shape index (κ2) is 4.55. The van der Waals surface area contributed by atoms with Crippen molar-refractivity contribution in [2.75, 3.05) is 14.2 Å². The van der Waals surface area contributed by atoms with Crippen LogP contribution < -0.4 is 0 Å². The molecule has 0 radical (unpaired) electrons. The molecule has 0 saturated carbocycles. The third kappa shape index (κ3) is 1.94. The number of hydrogen-bond donors (Lipinski definition) is 0. The third-order valence-corrected chi connectivity index (χ3v) is 3.37. The van der Waals surface area contributed by atoms with E-state index in [-0.39, 0.29) is 11.7 Å². The molecule has 0 N–H and O–H groups in total. The van der Waals surface area contributed by atoms with E-state index in [9.17, 15) is 4.79 Å². The summed E-state index contributed by atoms with van der Waals surface area (Å²) in [5, 5.41) is 0. The lowest BCUT2D eigenvalue weighted by Gasteiger charge is -2.26. The van der Waals surface area contributed by atoms with Gasteiger partial charge in [-0.2, -0.15) is 0 Å². The smallest absolute Gasteiger partial charge is 0.381 e. The summed E-state index contributed by atoms with van der Waals surface area (Å²) in [5.41, 5.74) is 2.33. The molecule has 0 fully saturated rings. The molecular weight excluding hydrogens is 236 g/mol. The Kier molecular flexibility index (Phi) is 3.24. The first kappa shape index (κ1) is 12.8. The van der Waals surface area contributed by atoms with Crippen LogP contribution in [0.2, 0.25) is 0 Å².